The second-order valence-electron chi connectivity index (χ2n) is 8.66. The molecule has 0 fully saturated rings. The fourth-order valence-electron chi connectivity index (χ4n) is 4.43. The van der Waals surface area contributed by atoms with Crippen molar-refractivity contribution in [1.82, 2.24) is 5.32 Å². The maximum Gasteiger partial charge on any atom is 0.273 e. The highest BCUT2D eigenvalue weighted by atomic mass is 32.1. The van der Waals surface area contributed by atoms with Gasteiger partial charge in [-0.3, -0.25) is 14.9 Å². The van der Waals surface area contributed by atoms with Crippen LogP contribution in [-0.4, -0.2) is 24.2 Å². The molecule has 0 unspecified atom stereocenters. The van der Waals surface area contributed by atoms with Crippen LogP contribution in [0.1, 0.15) is 45.0 Å². The van der Waals surface area contributed by atoms with Gasteiger partial charge in [-0.05, 0) is 55.0 Å². The van der Waals surface area contributed by atoms with E-state index in [1.54, 1.807) is 35.8 Å². The highest BCUT2D eigenvalue weighted by molar-refractivity contribution is 7.16. The minimum atomic E-state index is -0.471. The Bertz CT molecular complexity index is 1470. The van der Waals surface area contributed by atoms with Gasteiger partial charge in [0.15, 0.2) is 0 Å². The van der Waals surface area contributed by atoms with Crippen LogP contribution in [0.25, 0.3) is 11.3 Å². The van der Waals surface area contributed by atoms with Gasteiger partial charge in [-0.1, -0.05) is 30.3 Å². The summed E-state index contributed by atoms with van der Waals surface area (Å²) < 4.78 is 11.3. The number of nitro benzene ring substituents is 1. The molecule has 0 saturated heterocycles. The van der Waals surface area contributed by atoms with E-state index in [-0.39, 0.29) is 11.6 Å². The van der Waals surface area contributed by atoms with Crippen LogP contribution in [0.3, 0.4) is 0 Å². The molecule has 2 aromatic carbocycles. The normalized spacial score (nSPS) is 12.9. The highest BCUT2D eigenvalue weighted by Crippen LogP contribution is 2.40. The summed E-state index contributed by atoms with van der Waals surface area (Å²) in [5.41, 5.74) is 3.32. The zero-order valence-corrected chi connectivity index (χ0v) is 21.0. The van der Waals surface area contributed by atoms with E-state index in [9.17, 15) is 14.9 Å². The van der Waals surface area contributed by atoms with E-state index in [1.807, 2.05) is 30.3 Å². The molecule has 2 heterocycles. The van der Waals surface area contributed by atoms with Crippen molar-refractivity contribution in [3.05, 3.63) is 98.1 Å². The van der Waals surface area contributed by atoms with Gasteiger partial charge in [0, 0.05) is 17.5 Å². The van der Waals surface area contributed by atoms with Gasteiger partial charge in [-0.15, -0.1) is 11.3 Å². The molecule has 1 amide bonds. The Morgan fingerprint density at radius 3 is 2.76 bits per heavy atom. The molecule has 9 heteroatoms. The molecule has 188 valence electrons. The van der Waals surface area contributed by atoms with E-state index in [1.165, 1.54) is 24.1 Å². The number of methoxy groups -OCH3 is 1. The molecule has 37 heavy (non-hydrogen) atoms. The van der Waals surface area contributed by atoms with Gasteiger partial charge in [0.25, 0.3) is 11.6 Å². The number of carbonyl (C=O) groups excluding carboxylic acids is 1. The number of rotatable bonds is 8. The number of aryl methyl sites for hydroxylation is 1. The third-order valence-electron chi connectivity index (χ3n) is 6.27. The maximum absolute atomic E-state index is 13.3. The van der Waals surface area contributed by atoms with Gasteiger partial charge >= 0.3 is 0 Å². The number of aliphatic imine (C=N–C) groups is 1. The van der Waals surface area contributed by atoms with Crippen molar-refractivity contribution in [3.63, 3.8) is 0 Å². The smallest absolute Gasteiger partial charge is 0.273 e. The molecule has 0 spiro atoms. The molecule has 0 saturated carbocycles. The predicted molar refractivity (Wildman–Crippen MR) is 143 cm³/mol. The van der Waals surface area contributed by atoms with Crippen molar-refractivity contribution in [2.45, 2.75) is 32.2 Å². The summed E-state index contributed by atoms with van der Waals surface area (Å²) >= 11 is 1.56. The number of nitrogens with one attached hydrogen (secondary N) is 1. The van der Waals surface area contributed by atoms with E-state index >= 15 is 0 Å². The topological polar surface area (TPSA) is 107 Å². The lowest BCUT2D eigenvalue weighted by Crippen LogP contribution is -2.24. The molecule has 8 nitrogen and oxygen atoms in total. The minimum Gasteiger partial charge on any atom is -0.496 e. The zero-order chi connectivity index (χ0) is 25.8. The molecule has 4 aromatic rings. The van der Waals surface area contributed by atoms with Crippen LogP contribution in [0.15, 0.2) is 70.1 Å². The summed E-state index contributed by atoms with van der Waals surface area (Å²) in [6.07, 6.45) is 5.61. The number of hydrogen-bond acceptors (Lipinski definition) is 7. The molecule has 0 radical (unpaired) electrons. The van der Waals surface area contributed by atoms with E-state index < -0.39 is 4.92 Å². The van der Waals surface area contributed by atoms with Crippen LogP contribution in [0.2, 0.25) is 0 Å². The monoisotopic (exact) mass is 515 g/mol. The quantitative estimate of drug-likeness (QED) is 0.164. The molecule has 5 rings (SSSR count). The Morgan fingerprint density at radius 2 is 1.97 bits per heavy atom. The largest absolute Gasteiger partial charge is 0.496 e. The number of carbonyl (C=O) groups is 1. The van der Waals surface area contributed by atoms with Crippen LogP contribution in [0, 0.1) is 10.1 Å². The van der Waals surface area contributed by atoms with Gasteiger partial charge in [0.05, 0.1) is 35.4 Å². The average molecular weight is 516 g/mol. The van der Waals surface area contributed by atoms with E-state index in [0.29, 0.717) is 39.9 Å². The van der Waals surface area contributed by atoms with Crippen molar-refractivity contribution < 1.29 is 18.9 Å². The third-order valence-corrected chi connectivity index (χ3v) is 7.47. The number of fused-ring (bicyclic) bond motifs is 1. The lowest BCUT2D eigenvalue weighted by atomic mass is 9.95. The summed E-state index contributed by atoms with van der Waals surface area (Å²) in [7, 11) is 1.46. The number of non-ortho nitro benzene ring substituents is 1. The third kappa shape index (κ3) is 5.31. The lowest BCUT2D eigenvalue weighted by molar-refractivity contribution is -0.384. The van der Waals surface area contributed by atoms with E-state index in [2.05, 4.69) is 10.3 Å². The van der Waals surface area contributed by atoms with Gasteiger partial charge in [-0.2, -0.15) is 0 Å². The van der Waals surface area contributed by atoms with Crippen LogP contribution in [0.4, 0.5) is 10.7 Å². The van der Waals surface area contributed by atoms with Gasteiger partial charge in [0.1, 0.15) is 22.3 Å². The van der Waals surface area contributed by atoms with Crippen molar-refractivity contribution in [3.8, 4) is 17.1 Å². The Labute approximate surface area is 217 Å². The predicted octanol–water partition coefficient (Wildman–Crippen LogP) is 6.48. The lowest BCUT2D eigenvalue weighted by Gasteiger charge is -2.12. The number of furan rings is 1. The number of nitro groups is 1. The van der Waals surface area contributed by atoms with Crippen LogP contribution in [0.5, 0.6) is 5.75 Å². The van der Waals surface area contributed by atoms with Crippen LogP contribution in [-0.2, 0) is 19.4 Å². The first-order valence-electron chi connectivity index (χ1n) is 12.0. The van der Waals surface area contributed by atoms with Crippen molar-refractivity contribution in [2.24, 2.45) is 4.99 Å². The van der Waals surface area contributed by atoms with Crippen molar-refractivity contribution in [1.29, 1.82) is 0 Å². The Kier molecular flexibility index (Phi) is 7.14. The standard InChI is InChI=1S/C28H25N3O5S/c1-35-24-15-19(31(33)34)11-13-21(24)23-14-12-20(36-23)17-30-28-26(22-9-5-6-10-25(22)37-28)27(32)29-16-18-7-3-2-4-8-18/h2-4,7-8,11-15,17H,5-6,9-10,16H2,1H3,(H,29,32)/b30-17-. The van der Waals surface area contributed by atoms with Crippen LogP contribution >= 0.6 is 11.3 Å². The summed E-state index contributed by atoms with van der Waals surface area (Å²) in [6.45, 7) is 0.450. The van der Waals surface area contributed by atoms with E-state index in [4.69, 9.17) is 9.15 Å². The first kappa shape index (κ1) is 24.5. The number of ether oxygens (including phenoxy) is 1. The fraction of sp³-hybridized carbons (Fsp3) is 0.214. The first-order chi connectivity index (χ1) is 18.0. The summed E-state index contributed by atoms with van der Waals surface area (Å²) in [6, 6.07) is 17.7. The van der Waals surface area contributed by atoms with Crippen molar-refractivity contribution in [2.75, 3.05) is 7.11 Å². The second-order valence-corrected chi connectivity index (χ2v) is 9.74. The number of nitrogens with zero attached hydrogens (tertiary/aromatic N) is 2. The first-order valence-corrected chi connectivity index (χ1v) is 12.8. The fourth-order valence-corrected chi connectivity index (χ4v) is 5.66. The molecular formula is C28H25N3O5S. The van der Waals surface area contributed by atoms with Crippen molar-refractivity contribution >= 4 is 34.1 Å². The second kappa shape index (κ2) is 10.8. The summed E-state index contributed by atoms with van der Waals surface area (Å²) in [5, 5.41) is 14.8. The van der Waals surface area contributed by atoms with Gasteiger partial charge < -0.3 is 14.5 Å². The van der Waals surface area contributed by atoms with Gasteiger partial charge in [0.2, 0.25) is 0 Å². The average Bonchev–Trinajstić information content (AvgIpc) is 3.55. The SMILES string of the molecule is COc1cc([N+](=O)[O-])ccc1-c1ccc(/C=N\c2sc3c(c2C(=O)NCc2ccccc2)CCCC3)o1. The minimum absolute atomic E-state index is 0.0614. The molecule has 1 N–H and O–H groups in total. The Morgan fingerprint density at radius 1 is 1.16 bits per heavy atom. The number of thiophene rings is 1. The molecule has 0 atom stereocenters. The zero-order valence-electron chi connectivity index (χ0n) is 20.2. The molecular weight excluding hydrogens is 490 g/mol. The Balaban J connectivity index is 1.40. The van der Waals surface area contributed by atoms with Crippen LogP contribution < -0.4 is 10.1 Å². The molecule has 1 aliphatic rings. The molecule has 2 aromatic heterocycles. The maximum atomic E-state index is 13.3. The molecule has 0 bridgehead atoms. The number of hydrogen-bond donors (Lipinski definition) is 1. The molecule has 1 aliphatic carbocycles. The molecule has 0 aliphatic heterocycles. The number of amides is 1. The highest BCUT2D eigenvalue weighted by Gasteiger charge is 2.25. The number of benzene rings is 2. The van der Waals surface area contributed by atoms with Gasteiger partial charge in [-0.25, -0.2) is 4.99 Å². The van der Waals surface area contributed by atoms with E-state index in [0.717, 1.165) is 36.8 Å². The summed E-state index contributed by atoms with van der Waals surface area (Å²) in [5.74, 6) is 1.22. The summed E-state index contributed by atoms with van der Waals surface area (Å²) in [4.78, 5) is 29.8. The Hall–Kier alpha value is -4.24.